The van der Waals surface area contributed by atoms with Crippen molar-refractivity contribution in [1.82, 2.24) is 0 Å². The third-order valence-corrected chi connectivity index (χ3v) is 1.31. The fraction of sp³-hybridized carbons (Fsp3) is 0.429. The van der Waals surface area contributed by atoms with Crippen LogP contribution in [0.2, 0.25) is 0 Å². The van der Waals surface area contributed by atoms with Crippen molar-refractivity contribution in [3.05, 3.63) is 24.0 Å². The lowest BCUT2D eigenvalue weighted by Gasteiger charge is -2.15. The van der Waals surface area contributed by atoms with Gasteiger partial charge in [0.1, 0.15) is 11.4 Å². The van der Waals surface area contributed by atoms with Crippen LogP contribution in [0.25, 0.3) is 0 Å². The predicted octanol–water partition coefficient (Wildman–Crippen LogP) is 2.12. The van der Waals surface area contributed by atoms with Gasteiger partial charge in [-0.3, -0.25) is 0 Å². The Labute approximate surface area is 53.5 Å². The molecule has 0 aliphatic heterocycles. The molecule has 0 spiro atoms. The SMILES string of the molecule is CC1(F)C=CC(O)=CC1. The van der Waals surface area contributed by atoms with Crippen molar-refractivity contribution in [2.45, 2.75) is 19.0 Å². The highest BCUT2D eigenvalue weighted by molar-refractivity contribution is 5.21. The molecule has 0 fully saturated rings. The van der Waals surface area contributed by atoms with E-state index in [4.69, 9.17) is 5.11 Å². The third kappa shape index (κ3) is 1.56. The van der Waals surface area contributed by atoms with Crippen molar-refractivity contribution < 1.29 is 9.50 Å². The normalized spacial score (nSPS) is 34.2. The fourth-order valence-electron chi connectivity index (χ4n) is 0.699. The molecule has 2 heteroatoms. The maximum Gasteiger partial charge on any atom is 0.130 e. The fourth-order valence-corrected chi connectivity index (χ4v) is 0.699. The van der Waals surface area contributed by atoms with Gasteiger partial charge in [0, 0.05) is 6.42 Å². The highest BCUT2D eigenvalue weighted by atomic mass is 19.1. The van der Waals surface area contributed by atoms with Gasteiger partial charge in [-0.1, -0.05) is 0 Å². The molecule has 0 bridgehead atoms. The summed E-state index contributed by atoms with van der Waals surface area (Å²) in [5.41, 5.74) is -1.26. The second-order valence-electron chi connectivity index (χ2n) is 2.44. The van der Waals surface area contributed by atoms with E-state index in [1.807, 2.05) is 0 Å². The number of halogens is 1. The lowest BCUT2D eigenvalue weighted by Crippen LogP contribution is -2.15. The monoisotopic (exact) mass is 128 g/mol. The van der Waals surface area contributed by atoms with Crippen molar-refractivity contribution in [2.75, 3.05) is 0 Å². The molecular weight excluding hydrogens is 119 g/mol. The minimum absolute atomic E-state index is 0.158. The summed E-state index contributed by atoms with van der Waals surface area (Å²) >= 11 is 0. The van der Waals surface area contributed by atoms with E-state index < -0.39 is 5.67 Å². The predicted molar refractivity (Wildman–Crippen MR) is 34.0 cm³/mol. The Morgan fingerprint density at radius 2 is 2.44 bits per heavy atom. The summed E-state index contributed by atoms with van der Waals surface area (Å²) < 4.78 is 12.8. The molecule has 1 atom stereocenters. The maximum absolute atomic E-state index is 12.8. The van der Waals surface area contributed by atoms with Gasteiger partial charge < -0.3 is 5.11 Å². The second-order valence-corrected chi connectivity index (χ2v) is 2.44. The number of aliphatic hydroxyl groups excluding tert-OH is 1. The van der Waals surface area contributed by atoms with Gasteiger partial charge >= 0.3 is 0 Å². The number of rotatable bonds is 0. The molecule has 1 nitrogen and oxygen atoms in total. The van der Waals surface area contributed by atoms with Gasteiger partial charge in [-0.2, -0.15) is 0 Å². The van der Waals surface area contributed by atoms with Gasteiger partial charge in [0.25, 0.3) is 0 Å². The molecule has 1 N–H and O–H groups in total. The molecule has 0 aromatic carbocycles. The molecule has 0 amide bonds. The summed E-state index contributed by atoms with van der Waals surface area (Å²) in [7, 11) is 0. The molecule has 0 aromatic heterocycles. The van der Waals surface area contributed by atoms with Crippen LogP contribution in [0.1, 0.15) is 13.3 Å². The molecule has 0 saturated heterocycles. The number of alkyl halides is 1. The lowest BCUT2D eigenvalue weighted by atomic mass is 9.99. The highest BCUT2D eigenvalue weighted by Crippen LogP contribution is 2.22. The van der Waals surface area contributed by atoms with Crippen molar-refractivity contribution in [1.29, 1.82) is 0 Å². The van der Waals surface area contributed by atoms with Gasteiger partial charge in [-0.05, 0) is 25.2 Å². The zero-order valence-corrected chi connectivity index (χ0v) is 5.26. The van der Waals surface area contributed by atoms with E-state index in [1.54, 1.807) is 0 Å². The van der Waals surface area contributed by atoms with Gasteiger partial charge in [0.2, 0.25) is 0 Å². The van der Waals surface area contributed by atoms with Crippen LogP contribution in [-0.2, 0) is 0 Å². The van der Waals surface area contributed by atoms with Crippen LogP contribution in [0.5, 0.6) is 0 Å². The van der Waals surface area contributed by atoms with Gasteiger partial charge in [0.05, 0.1) is 0 Å². The first-order valence-electron chi connectivity index (χ1n) is 2.87. The van der Waals surface area contributed by atoms with Gasteiger partial charge in [-0.25, -0.2) is 4.39 Å². The summed E-state index contributed by atoms with van der Waals surface area (Å²) in [6.07, 6.45) is 4.49. The molecule has 50 valence electrons. The Morgan fingerprint density at radius 3 is 2.78 bits per heavy atom. The molecule has 0 saturated carbocycles. The largest absolute Gasteiger partial charge is 0.508 e. The summed E-state index contributed by atoms with van der Waals surface area (Å²) in [4.78, 5) is 0. The molecule has 9 heavy (non-hydrogen) atoms. The van der Waals surface area contributed by atoms with E-state index >= 15 is 0 Å². The summed E-state index contributed by atoms with van der Waals surface area (Å²) in [5.74, 6) is 0.158. The number of allylic oxidation sites excluding steroid dienone is 3. The van der Waals surface area contributed by atoms with Crippen molar-refractivity contribution >= 4 is 0 Å². The van der Waals surface area contributed by atoms with Crippen LogP contribution in [0, 0.1) is 0 Å². The van der Waals surface area contributed by atoms with Crippen LogP contribution in [0.15, 0.2) is 24.0 Å². The second kappa shape index (κ2) is 1.87. The molecule has 0 heterocycles. The Morgan fingerprint density at radius 1 is 1.78 bits per heavy atom. The van der Waals surface area contributed by atoms with Gasteiger partial charge in [-0.15, -0.1) is 0 Å². The van der Waals surface area contributed by atoms with E-state index in [0.29, 0.717) is 0 Å². The number of hydrogen-bond donors (Lipinski definition) is 1. The van der Waals surface area contributed by atoms with Crippen molar-refractivity contribution in [2.24, 2.45) is 0 Å². The van der Waals surface area contributed by atoms with Crippen molar-refractivity contribution in [3.63, 3.8) is 0 Å². The molecule has 0 radical (unpaired) electrons. The van der Waals surface area contributed by atoms with Crippen LogP contribution in [-0.4, -0.2) is 10.8 Å². The molecule has 1 unspecified atom stereocenters. The molecule has 0 aromatic rings. The first kappa shape index (κ1) is 6.33. The highest BCUT2D eigenvalue weighted by Gasteiger charge is 2.20. The third-order valence-electron chi connectivity index (χ3n) is 1.31. The minimum Gasteiger partial charge on any atom is -0.508 e. The maximum atomic E-state index is 12.8. The number of hydrogen-bond acceptors (Lipinski definition) is 1. The van der Waals surface area contributed by atoms with E-state index in [9.17, 15) is 4.39 Å². The summed E-state index contributed by atoms with van der Waals surface area (Å²) in [5, 5.41) is 8.75. The first-order valence-corrected chi connectivity index (χ1v) is 2.87. The van der Waals surface area contributed by atoms with Crippen LogP contribution in [0.4, 0.5) is 4.39 Å². The van der Waals surface area contributed by atoms with Crippen LogP contribution in [0.3, 0.4) is 0 Å². The average Bonchev–Trinajstić information content (AvgIpc) is 1.78. The Balaban J connectivity index is 2.70. The average molecular weight is 128 g/mol. The molecule has 1 aliphatic carbocycles. The Hall–Kier alpha value is -0.790. The van der Waals surface area contributed by atoms with E-state index in [1.165, 1.54) is 25.2 Å². The van der Waals surface area contributed by atoms with E-state index in [2.05, 4.69) is 0 Å². The summed E-state index contributed by atoms with van der Waals surface area (Å²) in [6, 6.07) is 0. The topological polar surface area (TPSA) is 20.2 Å². The molecule has 1 rings (SSSR count). The van der Waals surface area contributed by atoms with Crippen LogP contribution >= 0.6 is 0 Å². The Kier molecular flexibility index (Phi) is 1.31. The van der Waals surface area contributed by atoms with Gasteiger partial charge in [0.15, 0.2) is 0 Å². The smallest absolute Gasteiger partial charge is 0.130 e. The number of aliphatic hydroxyl groups is 1. The first-order chi connectivity index (χ1) is 4.10. The lowest BCUT2D eigenvalue weighted by molar-refractivity contribution is 0.252. The van der Waals surface area contributed by atoms with E-state index in [0.717, 1.165) is 0 Å². The Bertz CT molecular complexity index is 168. The zero-order valence-electron chi connectivity index (χ0n) is 5.26. The minimum atomic E-state index is -1.26. The quantitative estimate of drug-likeness (QED) is 0.529. The molecule has 1 aliphatic rings. The standard InChI is InChI=1S/C7H9FO/c1-7(8)4-2-6(9)3-5-7/h2-4,9H,5H2,1H3. The van der Waals surface area contributed by atoms with E-state index in [-0.39, 0.29) is 12.2 Å². The van der Waals surface area contributed by atoms with Crippen molar-refractivity contribution in [3.8, 4) is 0 Å². The van der Waals surface area contributed by atoms with Crippen LogP contribution < -0.4 is 0 Å². The zero-order chi connectivity index (χ0) is 6.91. The summed E-state index contributed by atoms with van der Waals surface area (Å²) in [6.45, 7) is 1.48. The molecular formula is C7H9FO.